The standard InChI is InChI=1S/C8H16B2/c1-6-2-3-7(4-6)5-8(9)10/h5-7H,2-4,9-10H2,1H3/t6-,7+/m0/s1. The third-order valence-corrected chi connectivity index (χ3v) is 2.30. The lowest BCUT2D eigenvalue weighted by molar-refractivity contribution is 0.586. The predicted molar refractivity (Wildman–Crippen MR) is 51.7 cm³/mol. The highest BCUT2D eigenvalue weighted by Gasteiger charge is 2.18. The minimum absolute atomic E-state index is 0.903. The predicted octanol–water partition coefficient (Wildman–Crippen LogP) is 0.530. The van der Waals surface area contributed by atoms with Crippen molar-refractivity contribution in [1.82, 2.24) is 0 Å². The summed E-state index contributed by atoms with van der Waals surface area (Å²) in [6, 6.07) is 0. The minimum Gasteiger partial charge on any atom is -0.149 e. The first kappa shape index (κ1) is 7.97. The Kier molecular flexibility index (Phi) is 2.64. The molecule has 0 unspecified atom stereocenters. The van der Waals surface area contributed by atoms with Crippen LogP contribution in [0, 0.1) is 11.8 Å². The molecule has 54 valence electrons. The van der Waals surface area contributed by atoms with E-state index in [2.05, 4.69) is 28.7 Å². The Morgan fingerprint density at radius 1 is 1.40 bits per heavy atom. The summed E-state index contributed by atoms with van der Waals surface area (Å²) in [6.07, 6.45) is 6.72. The zero-order valence-electron chi connectivity index (χ0n) is 7.35. The van der Waals surface area contributed by atoms with Gasteiger partial charge in [-0.25, -0.2) is 0 Å². The van der Waals surface area contributed by atoms with Gasteiger partial charge in [-0.05, 0) is 24.7 Å². The van der Waals surface area contributed by atoms with E-state index in [1.807, 2.05) is 0 Å². The Morgan fingerprint density at radius 2 is 2.10 bits per heavy atom. The average Bonchev–Trinajstić information content (AvgIpc) is 2.13. The van der Waals surface area contributed by atoms with Gasteiger partial charge in [-0.2, -0.15) is 0 Å². The third-order valence-electron chi connectivity index (χ3n) is 2.30. The van der Waals surface area contributed by atoms with Gasteiger partial charge in [0.2, 0.25) is 0 Å². The molecule has 10 heavy (non-hydrogen) atoms. The van der Waals surface area contributed by atoms with Gasteiger partial charge in [0.25, 0.3) is 0 Å². The molecule has 1 aliphatic carbocycles. The second kappa shape index (κ2) is 3.32. The normalized spacial score (nSPS) is 32.1. The Labute approximate surface area is 65.9 Å². The highest BCUT2D eigenvalue weighted by Crippen LogP contribution is 2.31. The summed E-state index contributed by atoms with van der Waals surface area (Å²) >= 11 is 0. The molecule has 0 heterocycles. The topological polar surface area (TPSA) is 0 Å². The molecule has 0 aliphatic heterocycles. The van der Waals surface area contributed by atoms with Crippen molar-refractivity contribution in [2.24, 2.45) is 11.8 Å². The van der Waals surface area contributed by atoms with Crippen molar-refractivity contribution in [3.05, 3.63) is 11.4 Å². The van der Waals surface area contributed by atoms with Crippen LogP contribution in [0.5, 0.6) is 0 Å². The molecule has 0 aromatic carbocycles. The van der Waals surface area contributed by atoms with Crippen molar-refractivity contribution >= 4 is 15.7 Å². The molecule has 1 aliphatic rings. The molecule has 2 heteroatoms. The first-order valence-corrected chi connectivity index (χ1v) is 4.33. The fourth-order valence-corrected chi connectivity index (χ4v) is 1.87. The van der Waals surface area contributed by atoms with Gasteiger partial charge >= 0.3 is 0 Å². The second-order valence-corrected chi connectivity index (χ2v) is 3.92. The molecular weight excluding hydrogens is 118 g/mol. The Balaban J connectivity index is 2.38. The summed E-state index contributed by atoms with van der Waals surface area (Å²) in [7, 11) is 4.39. The van der Waals surface area contributed by atoms with Crippen LogP contribution in [0.4, 0.5) is 0 Å². The number of rotatable bonds is 1. The molecule has 0 aromatic heterocycles. The highest BCUT2D eigenvalue weighted by molar-refractivity contribution is 6.48. The molecule has 1 fully saturated rings. The van der Waals surface area contributed by atoms with E-state index in [9.17, 15) is 0 Å². The van der Waals surface area contributed by atoms with Crippen LogP contribution >= 0.6 is 0 Å². The van der Waals surface area contributed by atoms with Crippen LogP contribution in [0.3, 0.4) is 0 Å². The zero-order valence-corrected chi connectivity index (χ0v) is 7.35. The lowest BCUT2D eigenvalue weighted by atomic mass is 9.76. The molecule has 1 saturated carbocycles. The van der Waals surface area contributed by atoms with E-state index in [1.165, 1.54) is 24.6 Å². The van der Waals surface area contributed by atoms with Gasteiger partial charge in [-0.3, -0.25) is 0 Å². The zero-order chi connectivity index (χ0) is 7.56. The molecule has 0 radical (unpaired) electrons. The van der Waals surface area contributed by atoms with E-state index in [0.29, 0.717) is 0 Å². The Hall–Kier alpha value is -0.130. The molecule has 0 spiro atoms. The largest absolute Gasteiger partial charge is 0.149 e. The first-order chi connectivity index (χ1) is 4.68. The van der Waals surface area contributed by atoms with Gasteiger partial charge in [0, 0.05) is 0 Å². The van der Waals surface area contributed by atoms with Crippen LogP contribution in [0.2, 0.25) is 0 Å². The fourth-order valence-electron chi connectivity index (χ4n) is 1.87. The van der Waals surface area contributed by atoms with E-state index in [1.54, 1.807) is 0 Å². The van der Waals surface area contributed by atoms with E-state index >= 15 is 0 Å². The maximum Gasteiger partial charge on any atom is 0.121 e. The number of hydrogen-bond acceptors (Lipinski definition) is 0. The van der Waals surface area contributed by atoms with Gasteiger partial charge in [0.1, 0.15) is 15.7 Å². The summed E-state index contributed by atoms with van der Waals surface area (Å²) in [6.45, 7) is 2.36. The van der Waals surface area contributed by atoms with Gasteiger partial charge in [0.05, 0.1) is 0 Å². The van der Waals surface area contributed by atoms with Crippen molar-refractivity contribution in [1.29, 1.82) is 0 Å². The molecule has 0 bridgehead atoms. The molecule has 1 rings (SSSR count). The Morgan fingerprint density at radius 3 is 2.50 bits per heavy atom. The Bertz CT molecular complexity index is 136. The monoisotopic (exact) mass is 134 g/mol. The smallest absolute Gasteiger partial charge is 0.121 e. The third kappa shape index (κ3) is 2.24. The molecular formula is C8H16B2. The molecule has 2 atom stereocenters. The van der Waals surface area contributed by atoms with Crippen LogP contribution in [-0.4, -0.2) is 15.7 Å². The molecule has 0 amide bonds. The number of allylic oxidation sites excluding steroid dienone is 1. The average molecular weight is 134 g/mol. The minimum atomic E-state index is 0.903. The van der Waals surface area contributed by atoms with E-state index in [4.69, 9.17) is 0 Å². The van der Waals surface area contributed by atoms with Crippen molar-refractivity contribution in [2.45, 2.75) is 26.2 Å². The summed E-state index contributed by atoms with van der Waals surface area (Å²) in [5, 5.41) is 1.49. The van der Waals surface area contributed by atoms with E-state index < -0.39 is 0 Å². The lowest BCUT2D eigenvalue weighted by Gasteiger charge is -2.02. The van der Waals surface area contributed by atoms with Crippen LogP contribution in [0.15, 0.2) is 11.4 Å². The molecule has 0 saturated heterocycles. The fraction of sp³-hybridized carbons (Fsp3) is 0.750. The van der Waals surface area contributed by atoms with Gasteiger partial charge < -0.3 is 0 Å². The highest BCUT2D eigenvalue weighted by atomic mass is 14.2. The quantitative estimate of drug-likeness (QED) is 0.458. The molecule has 0 aromatic rings. The van der Waals surface area contributed by atoms with Crippen molar-refractivity contribution in [3.8, 4) is 0 Å². The second-order valence-electron chi connectivity index (χ2n) is 3.92. The molecule has 0 N–H and O–H groups in total. The summed E-state index contributed by atoms with van der Waals surface area (Å²) in [5.41, 5.74) is 0. The van der Waals surface area contributed by atoms with Crippen molar-refractivity contribution in [2.75, 3.05) is 0 Å². The van der Waals surface area contributed by atoms with Crippen molar-refractivity contribution in [3.63, 3.8) is 0 Å². The van der Waals surface area contributed by atoms with Gasteiger partial charge in [0.15, 0.2) is 0 Å². The lowest BCUT2D eigenvalue weighted by Crippen LogP contribution is -1.92. The summed E-state index contributed by atoms with van der Waals surface area (Å²) in [5.74, 6) is 1.88. The SMILES string of the molecule is BC(B)=C[C@@H]1CC[C@H](C)C1. The van der Waals surface area contributed by atoms with Crippen LogP contribution in [-0.2, 0) is 0 Å². The summed E-state index contributed by atoms with van der Waals surface area (Å²) in [4.78, 5) is 0. The van der Waals surface area contributed by atoms with E-state index in [0.717, 1.165) is 11.8 Å². The summed E-state index contributed by atoms with van der Waals surface area (Å²) < 4.78 is 0. The van der Waals surface area contributed by atoms with Crippen LogP contribution < -0.4 is 0 Å². The molecule has 0 nitrogen and oxygen atoms in total. The van der Waals surface area contributed by atoms with E-state index in [-0.39, 0.29) is 0 Å². The van der Waals surface area contributed by atoms with Crippen LogP contribution in [0.25, 0.3) is 0 Å². The van der Waals surface area contributed by atoms with Gasteiger partial charge in [-0.1, -0.05) is 13.3 Å². The first-order valence-electron chi connectivity index (χ1n) is 4.33. The maximum atomic E-state index is 2.43. The van der Waals surface area contributed by atoms with Gasteiger partial charge in [-0.15, -0.1) is 11.4 Å². The number of hydrogen-bond donors (Lipinski definition) is 0. The van der Waals surface area contributed by atoms with Crippen molar-refractivity contribution < 1.29 is 0 Å². The maximum absolute atomic E-state index is 2.43. The van der Waals surface area contributed by atoms with Crippen LogP contribution in [0.1, 0.15) is 26.2 Å².